The van der Waals surface area contributed by atoms with Crippen molar-refractivity contribution in [3.63, 3.8) is 0 Å². The summed E-state index contributed by atoms with van der Waals surface area (Å²) in [5, 5.41) is 14.9. The molecule has 1 aliphatic carbocycles. The van der Waals surface area contributed by atoms with Crippen molar-refractivity contribution < 1.29 is 29.1 Å². The van der Waals surface area contributed by atoms with Crippen molar-refractivity contribution in [3.8, 4) is 12.3 Å². The van der Waals surface area contributed by atoms with Gasteiger partial charge in [-0.1, -0.05) is 59.9 Å². The SMILES string of the molecule is C#CCN([C@H](/C=C/C1CC1)[C@H](CCN=[N+]=[N-])OC(=O)NCCCCCC(=O)NO)[C@@H](Cc1ccccc1)C(=O)OC. The zero-order valence-corrected chi connectivity index (χ0v) is 23.5. The smallest absolute Gasteiger partial charge is 0.407 e. The number of nitrogens with one attached hydrogen (secondary N) is 2. The van der Waals surface area contributed by atoms with E-state index in [0.29, 0.717) is 38.1 Å². The van der Waals surface area contributed by atoms with Crippen LogP contribution in [0, 0.1) is 18.3 Å². The number of allylic oxidation sites excluding steroid dienone is 1. The van der Waals surface area contributed by atoms with Gasteiger partial charge in [-0.25, -0.2) is 10.3 Å². The van der Waals surface area contributed by atoms with E-state index in [1.165, 1.54) is 7.11 Å². The van der Waals surface area contributed by atoms with E-state index in [-0.39, 0.29) is 25.9 Å². The number of amides is 2. The minimum Gasteiger partial charge on any atom is -0.468 e. The minimum atomic E-state index is -0.792. The van der Waals surface area contributed by atoms with Gasteiger partial charge < -0.3 is 14.8 Å². The third-order valence-electron chi connectivity index (χ3n) is 6.70. The zero-order chi connectivity index (χ0) is 29.9. The highest BCUT2D eigenvalue weighted by molar-refractivity contribution is 5.76. The highest BCUT2D eigenvalue weighted by atomic mass is 16.6. The Kier molecular flexibility index (Phi) is 15.5. The van der Waals surface area contributed by atoms with Gasteiger partial charge in [0, 0.05) is 24.4 Å². The number of azide groups is 1. The van der Waals surface area contributed by atoms with Crippen LogP contribution in [0.4, 0.5) is 4.79 Å². The maximum Gasteiger partial charge on any atom is 0.407 e. The van der Waals surface area contributed by atoms with Crippen LogP contribution >= 0.6 is 0 Å². The van der Waals surface area contributed by atoms with Crippen LogP contribution in [0.15, 0.2) is 47.6 Å². The Hall–Kier alpha value is -4.04. The fourth-order valence-corrected chi connectivity index (χ4v) is 4.39. The first-order valence-corrected chi connectivity index (χ1v) is 13.8. The number of carbonyl (C=O) groups excluding carboxylic acids is 3. The molecule has 1 saturated carbocycles. The summed E-state index contributed by atoms with van der Waals surface area (Å²) in [6, 6.07) is 8.12. The molecule has 0 unspecified atom stereocenters. The number of methoxy groups -OCH3 is 1. The number of benzene rings is 1. The molecule has 0 saturated heterocycles. The largest absolute Gasteiger partial charge is 0.468 e. The molecule has 1 aromatic rings. The van der Waals surface area contributed by atoms with Crippen LogP contribution in [0.1, 0.15) is 50.5 Å². The molecule has 0 radical (unpaired) electrons. The van der Waals surface area contributed by atoms with Gasteiger partial charge in [0.25, 0.3) is 0 Å². The predicted molar refractivity (Wildman–Crippen MR) is 152 cm³/mol. The van der Waals surface area contributed by atoms with Gasteiger partial charge in [-0.2, -0.15) is 0 Å². The highest BCUT2D eigenvalue weighted by Crippen LogP contribution is 2.31. The number of nitrogens with zero attached hydrogens (tertiary/aromatic N) is 4. The number of alkyl carbamates (subject to hydrolysis) is 1. The lowest BCUT2D eigenvalue weighted by atomic mass is 9.98. The second-order valence-electron chi connectivity index (χ2n) is 9.78. The normalized spacial score (nSPS) is 14.8. The van der Waals surface area contributed by atoms with Gasteiger partial charge in [0.15, 0.2) is 0 Å². The van der Waals surface area contributed by atoms with Gasteiger partial charge >= 0.3 is 12.1 Å². The Balaban J connectivity index is 2.26. The average molecular weight is 569 g/mol. The van der Waals surface area contributed by atoms with E-state index in [2.05, 4.69) is 27.3 Å². The quantitative estimate of drug-likeness (QED) is 0.0262. The van der Waals surface area contributed by atoms with E-state index in [4.69, 9.17) is 26.6 Å². The van der Waals surface area contributed by atoms with Gasteiger partial charge in [-0.15, -0.1) is 6.42 Å². The summed E-state index contributed by atoms with van der Waals surface area (Å²) in [5.74, 6) is 2.11. The van der Waals surface area contributed by atoms with Crippen LogP contribution in [0.2, 0.25) is 0 Å². The molecule has 0 spiro atoms. The Labute approximate surface area is 241 Å². The van der Waals surface area contributed by atoms with Crippen molar-refractivity contribution in [2.75, 3.05) is 26.7 Å². The van der Waals surface area contributed by atoms with E-state index in [9.17, 15) is 14.4 Å². The molecule has 0 aliphatic heterocycles. The van der Waals surface area contributed by atoms with Crippen LogP contribution in [-0.4, -0.2) is 73.0 Å². The highest BCUT2D eigenvalue weighted by Gasteiger charge is 2.37. The number of carbonyl (C=O) groups is 3. The Morgan fingerprint density at radius 2 is 2.02 bits per heavy atom. The van der Waals surface area contributed by atoms with Crippen LogP contribution in [-0.2, 0) is 25.5 Å². The fourth-order valence-electron chi connectivity index (χ4n) is 4.39. The maximum atomic E-state index is 13.1. The molecule has 41 heavy (non-hydrogen) atoms. The van der Waals surface area contributed by atoms with Crippen molar-refractivity contribution in [1.29, 1.82) is 0 Å². The lowest BCUT2D eigenvalue weighted by Gasteiger charge is -2.38. The number of terminal acetylenes is 1. The number of hydrogen-bond acceptors (Lipinski definition) is 8. The van der Waals surface area contributed by atoms with Crippen molar-refractivity contribution in [1.82, 2.24) is 15.7 Å². The average Bonchev–Trinajstić information content (AvgIpc) is 3.81. The molecule has 0 aromatic heterocycles. The molecule has 1 fully saturated rings. The summed E-state index contributed by atoms with van der Waals surface area (Å²) in [4.78, 5) is 41.7. The van der Waals surface area contributed by atoms with Gasteiger partial charge in [0.2, 0.25) is 5.91 Å². The monoisotopic (exact) mass is 568 g/mol. The molecule has 12 heteroatoms. The molecule has 2 amide bonds. The molecule has 0 heterocycles. The predicted octanol–water partition coefficient (Wildman–Crippen LogP) is 3.90. The summed E-state index contributed by atoms with van der Waals surface area (Å²) in [6.45, 7) is 0.468. The Bertz CT molecular complexity index is 1080. The minimum absolute atomic E-state index is 0.0700. The summed E-state index contributed by atoms with van der Waals surface area (Å²) in [6.07, 6.45) is 12.9. The van der Waals surface area contributed by atoms with E-state index < -0.39 is 36.2 Å². The molecule has 0 bridgehead atoms. The Morgan fingerprint density at radius 1 is 1.27 bits per heavy atom. The third kappa shape index (κ3) is 12.8. The van der Waals surface area contributed by atoms with Crippen LogP contribution in [0.5, 0.6) is 0 Å². The van der Waals surface area contributed by atoms with Crippen molar-refractivity contribution in [2.24, 2.45) is 11.0 Å². The van der Waals surface area contributed by atoms with Crippen molar-refractivity contribution in [2.45, 2.75) is 69.6 Å². The summed E-state index contributed by atoms with van der Waals surface area (Å²) in [7, 11) is 1.32. The lowest BCUT2D eigenvalue weighted by Crippen LogP contribution is -2.54. The molecule has 222 valence electrons. The molecule has 3 N–H and O–H groups in total. The van der Waals surface area contributed by atoms with Crippen LogP contribution in [0.25, 0.3) is 10.4 Å². The van der Waals surface area contributed by atoms with E-state index in [1.807, 2.05) is 36.4 Å². The summed E-state index contributed by atoms with van der Waals surface area (Å²) >= 11 is 0. The van der Waals surface area contributed by atoms with E-state index in [1.54, 1.807) is 10.4 Å². The molecular formula is C29H40N6O6. The molecular weight excluding hydrogens is 528 g/mol. The van der Waals surface area contributed by atoms with Crippen molar-refractivity contribution in [3.05, 3.63) is 58.5 Å². The second kappa shape index (κ2) is 19.1. The first kappa shape index (κ1) is 33.2. The summed E-state index contributed by atoms with van der Waals surface area (Å²) in [5.41, 5.74) is 11.4. The van der Waals surface area contributed by atoms with Crippen LogP contribution < -0.4 is 10.8 Å². The van der Waals surface area contributed by atoms with Gasteiger partial charge in [-0.3, -0.25) is 19.7 Å². The Morgan fingerprint density at radius 3 is 2.66 bits per heavy atom. The number of hydrogen-bond donors (Lipinski definition) is 3. The summed E-state index contributed by atoms with van der Waals surface area (Å²) < 4.78 is 11.0. The maximum absolute atomic E-state index is 13.1. The third-order valence-corrected chi connectivity index (χ3v) is 6.70. The van der Waals surface area contributed by atoms with E-state index in [0.717, 1.165) is 18.4 Å². The van der Waals surface area contributed by atoms with Gasteiger partial charge in [-0.05, 0) is 55.5 Å². The second-order valence-corrected chi connectivity index (χ2v) is 9.78. The molecule has 3 atom stereocenters. The standard InChI is InChI=1S/C29H40N6O6/c1-3-20-35(25(28(37)40-2)21-23-10-6-4-7-11-23)24(16-15-22-13-14-22)26(17-19-32-34-30)41-29(38)31-18-9-5-8-12-27(36)33-39/h1,4,6-7,10-11,15-16,22,24-26,39H,5,8-9,12-14,17-21H2,2H3,(H,31,38)(H,33,36)/b16-15+/t24-,25+,26+/m1/s1. The van der Waals surface area contributed by atoms with Crippen LogP contribution in [0.3, 0.4) is 0 Å². The topological polar surface area (TPSA) is 166 Å². The number of esters is 1. The van der Waals surface area contributed by atoms with Gasteiger partial charge in [0.1, 0.15) is 12.1 Å². The first-order chi connectivity index (χ1) is 19.9. The lowest BCUT2D eigenvalue weighted by molar-refractivity contribution is -0.148. The number of hydroxylamine groups is 1. The van der Waals surface area contributed by atoms with Gasteiger partial charge in [0.05, 0.1) is 19.7 Å². The molecule has 2 rings (SSSR count). The van der Waals surface area contributed by atoms with E-state index >= 15 is 0 Å². The number of rotatable bonds is 19. The number of unbranched alkanes of at least 4 members (excludes halogenated alkanes) is 2. The molecule has 12 nitrogen and oxygen atoms in total. The van der Waals surface area contributed by atoms with Crippen molar-refractivity contribution >= 4 is 18.0 Å². The number of ether oxygens (including phenoxy) is 2. The zero-order valence-electron chi connectivity index (χ0n) is 23.5. The molecule has 1 aromatic carbocycles. The first-order valence-electron chi connectivity index (χ1n) is 13.8. The molecule has 1 aliphatic rings. The fraction of sp³-hybridized carbons (Fsp3) is 0.552.